The lowest BCUT2D eigenvalue weighted by Crippen LogP contribution is -2.48. The fraction of sp³-hybridized carbons (Fsp3) is 0.368. The van der Waals surface area contributed by atoms with Crippen molar-refractivity contribution in [1.82, 2.24) is 9.88 Å². The van der Waals surface area contributed by atoms with Crippen LogP contribution >= 0.6 is 11.6 Å². The second-order valence-electron chi connectivity index (χ2n) is 6.14. The number of benzene rings is 1. The second-order valence-corrected chi connectivity index (χ2v) is 6.58. The highest BCUT2D eigenvalue weighted by atomic mass is 35.5. The summed E-state index contributed by atoms with van der Waals surface area (Å²) in [7, 11) is 1.66. The number of halogens is 1. The molecule has 26 heavy (non-hydrogen) atoms. The van der Waals surface area contributed by atoms with E-state index in [4.69, 9.17) is 16.3 Å². The molecule has 0 bridgehead atoms. The summed E-state index contributed by atoms with van der Waals surface area (Å²) in [6.45, 7) is 4.19. The van der Waals surface area contributed by atoms with Crippen molar-refractivity contribution in [2.45, 2.75) is 0 Å². The summed E-state index contributed by atoms with van der Waals surface area (Å²) in [5, 5.41) is 3.93. The lowest BCUT2D eigenvalue weighted by Gasteiger charge is -2.36. The van der Waals surface area contributed by atoms with E-state index in [-0.39, 0.29) is 5.91 Å². The topological polar surface area (TPSA) is 57.7 Å². The van der Waals surface area contributed by atoms with Crippen molar-refractivity contribution < 1.29 is 9.53 Å². The average molecular weight is 375 g/mol. The van der Waals surface area contributed by atoms with E-state index in [1.165, 1.54) is 0 Å². The smallest absolute Gasteiger partial charge is 0.255 e. The molecular weight excluding hydrogens is 352 g/mol. The lowest BCUT2D eigenvalue weighted by molar-refractivity contribution is 0.0746. The van der Waals surface area contributed by atoms with Crippen molar-refractivity contribution in [2.24, 2.45) is 0 Å². The Morgan fingerprint density at radius 1 is 1.23 bits per heavy atom. The first-order valence-electron chi connectivity index (χ1n) is 8.65. The van der Waals surface area contributed by atoms with Crippen molar-refractivity contribution in [3.8, 4) is 0 Å². The quantitative estimate of drug-likeness (QED) is 0.788. The molecule has 2 aromatic rings. The van der Waals surface area contributed by atoms with Crippen LogP contribution in [-0.4, -0.2) is 62.2 Å². The van der Waals surface area contributed by atoms with Crippen LogP contribution in [0.1, 0.15) is 10.4 Å². The molecule has 0 radical (unpaired) electrons. The molecule has 2 heterocycles. The van der Waals surface area contributed by atoms with Crippen LogP contribution in [0.15, 0.2) is 42.7 Å². The Kier molecular flexibility index (Phi) is 6.30. The van der Waals surface area contributed by atoms with Gasteiger partial charge in [-0.25, -0.2) is 0 Å². The molecule has 1 aromatic carbocycles. The fourth-order valence-corrected chi connectivity index (χ4v) is 3.16. The summed E-state index contributed by atoms with van der Waals surface area (Å²) < 4.78 is 5.02. The number of hydrogen-bond acceptors (Lipinski definition) is 5. The summed E-state index contributed by atoms with van der Waals surface area (Å²) in [6.07, 6.45) is 3.33. The number of methoxy groups -OCH3 is 1. The number of ether oxygens (including phenoxy) is 1. The zero-order valence-corrected chi connectivity index (χ0v) is 15.6. The minimum Gasteiger partial charge on any atom is -0.383 e. The number of hydrogen-bond donors (Lipinski definition) is 1. The molecule has 0 aliphatic carbocycles. The van der Waals surface area contributed by atoms with E-state index < -0.39 is 0 Å². The predicted molar refractivity (Wildman–Crippen MR) is 104 cm³/mol. The van der Waals surface area contributed by atoms with Gasteiger partial charge in [0, 0.05) is 62.9 Å². The Morgan fingerprint density at radius 2 is 2.04 bits per heavy atom. The molecule has 3 rings (SSSR count). The van der Waals surface area contributed by atoms with Crippen molar-refractivity contribution >= 4 is 28.9 Å². The monoisotopic (exact) mass is 374 g/mol. The summed E-state index contributed by atoms with van der Waals surface area (Å²) in [6, 6.07) is 9.66. The van der Waals surface area contributed by atoms with Gasteiger partial charge in [-0.15, -0.1) is 0 Å². The van der Waals surface area contributed by atoms with Gasteiger partial charge < -0.3 is 19.9 Å². The van der Waals surface area contributed by atoms with Crippen LogP contribution in [-0.2, 0) is 4.74 Å². The standard InChI is InChI=1S/C19H23ClN4O2/c1-26-10-5-22-17-11-15(13-21-14-17)19(25)24-8-6-23(7-9-24)18-4-2-3-16(20)12-18/h2-4,11-14,22H,5-10H2,1H3. The minimum absolute atomic E-state index is 0.0126. The third kappa shape index (κ3) is 4.65. The average Bonchev–Trinajstić information content (AvgIpc) is 2.68. The first-order chi connectivity index (χ1) is 12.7. The number of carbonyl (C=O) groups excluding carboxylic acids is 1. The maximum absolute atomic E-state index is 12.8. The predicted octanol–water partition coefficient (Wildman–Crippen LogP) is 2.76. The molecule has 0 unspecified atom stereocenters. The van der Waals surface area contributed by atoms with Crippen molar-refractivity contribution in [3.63, 3.8) is 0 Å². The van der Waals surface area contributed by atoms with Gasteiger partial charge in [-0.05, 0) is 24.3 Å². The van der Waals surface area contributed by atoms with Crippen molar-refractivity contribution in [1.29, 1.82) is 0 Å². The molecule has 6 nitrogen and oxygen atoms in total. The summed E-state index contributed by atoms with van der Waals surface area (Å²) in [5.74, 6) is 0.0126. The van der Waals surface area contributed by atoms with Gasteiger partial charge in [0.2, 0.25) is 0 Å². The van der Waals surface area contributed by atoms with Gasteiger partial charge in [0.1, 0.15) is 0 Å². The van der Waals surface area contributed by atoms with Gasteiger partial charge in [0.25, 0.3) is 5.91 Å². The van der Waals surface area contributed by atoms with Crippen LogP contribution in [0.5, 0.6) is 0 Å². The number of piperazine rings is 1. The Morgan fingerprint density at radius 3 is 2.77 bits per heavy atom. The highest BCUT2D eigenvalue weighted by Gasteiger charge is 2.22. The SMILES string of the molecule is COCCNc1cncc(C(=O)N2CCN(c3cccc(Cl)c3)CC2)c1. The number of rotatable bonds is 6. The van der Waals surface area contributed by atoms with E-state index in [1.807, 2.05) is 35.2 Å². The highest BCUT2D eigenvalue weighted by Crippen LogP contribution is 2.21. The summed E-state index contributed by atoms with van der Waals surface area (Å²) >= 11 is 6.07. The first kappa shape index (κ1) is 18.5. The molecule has 0 saturated carbocycles. The number of nitrogens with zero attached hydrogens (tertiary/aromatic N) is 3. The van der Waals surface area contributed by atoms with Crippen molar-refractivity contribution in [2.75, 3.05) is 56.7 Å². The third-order valence-electron chi connectivity index (χ3n) is 4.36. The first-order valence-corrected chi connectivity index (χ1v) is 9.03. The fourth-order valence-electron chi connectivity index (χ4n) is 2.97. The zero-order valence-electron chi connectivity index (χ0n) is 14.8. The molecule has 1 amide bonds. The van der Waals surface area contributed by atoms with Crippen LogP contribution in [0.2, 0.25) is 5.02 Å². The van der Waals surface area contributed by atoms with Gasteiger partial charge in [0.05, 0.1) is 17.9 Å². The van der Waals surface area contributed by atoms with Crippen LogP contribution in [0.25, 0.3) is 0 Å². The Balaban J connectivity index is 1.59. The Hall–Kier alpha value is -2.31. The second kappa shape index (κ2) is 8.87. The van der Waals surface area contributed by atoms with Crippen LogP contribution in [0.3, 0.4) is 0 Å². The number of anilines is 2. The molecular formula is C19H23ClN4O2. The molecule has 1 saturated heterocycles. The van der Waals surface area contributed by atoms with Gasteiger partial charge in [-0.2, -0.15) is 0 Å². The normalized spacial score (nSPS) is 14.4. The number of pyridine rings is 1. The van der Waals surface area contributed by atoms with Gasteiger partial charge in [0.15, 0.2) is 0 Å². The number of carbonyl (C=O) groups is 1. The summed E-state index contributed by atoms with van der Waals surface area (Å²) in [4.78, 5) is 21.1. The zero-order chi connectivity index (χ0) is 18.4. The lowest BCUT2D eigenvalue weighted by atomic mass is 10.2. The van der Waals surface area contributed by atoms with Crippen LogP contribution < -0.4 is 10.2 Å². The Bertz CT molecular complexity index is 748. The molecule has 1 fully saturated rings. The summed E-state index contributed by atoms with van der Waals surface area (Å²) in [5.41, 5.74) is 2.52. The van der Waals surface area contributed by atoms with E-state index >= 15 is 0 Å². The number of aromatic nitrogens is 1. The molecule has 1 aliphatic heterocycles. The molecule has 1 N–H and O–H groups in total. The van der Waals surface area contributed by atoms with E-state index in [9.17, 15) is 4.79 Å². The van der Waals surface area contributed by atoms with E-state index in [1.54, 1.807) is 19.5 Å². The van der Waals surface area contributed by atoms with E-state index in [2.05, 4.69) is 15.2 Å². The number of nitrogens with one attached hydrogen (secondary N) is 1. The number of amides is 1. The van der Waals surface area contributed by atoms with Gasteiger partial charge >= 0.3 is 0 Å². The van der Waals surface area contributed by atoms with Gasteiger partial charge in [-0.1, -0.05) is 17.7 Å². The largest absolute Gasteiger partial charge is 0.383 e. The van der Waals surface area contributed by atoms with Crippen LogP contribution in [0, 0.1) is 0 Å². The third-order valence-corrected chi connectivity index (χ3v) is 4.60. The molecule has 7 heteroatoms. The molecule has 138 valence electrons. The van der Waals surface area contributed by atoms with Gasteiger partial charge in [-0.3, -0.25) is 9.78 Å². The molecule has 0 spiro atoms. The maximum Gasteiger partial charge on any atom is 0.255 e. The Labute approximate surface area is 158 Å². The molecule has 0 atom stereocenters. The molecule has 1 aromatic heterocycles. The minimum atomic E-state index is 0.0126. The van der Waals surface area contributed by atoms with Crippen molar-refractivity contribution in [3.05, 3.63) is 53.3 Å². The molecule has 1 aliphatic rings. The van der Waals surface area contributed by atoms with Crippen LogP contribution in [0.4, 0.5) is 11.4 Å². The van der Waals surface area contributed by atoms with E-state index in [0.29, 0.717) is 31.8 Å². The maximum atomic E-state index is 12.8. The highest BCUT2D eigenvalue weighted by molar-refractivity contribution is 6.30. The van der Waals surface area contributed by atoms with E-state index in [0.717, 1.165) is 29.5 Å².